The quantitative estimate of drug-likeness (QED) is 0.649. The number of rotatable bonds is 6. The average molecular weight is 470 g/mol. The second kappa shape index (κ2) is 9.17. The molecule has 1 amide bonds. The Morgan fingerprint density at radius 1 is 1.00 bits per heavy atom. The number of hydrogen-bond donors (Lipinski definition) is 2. The van der Waals surface area contributed by atoms with E-state index in [0.717, 1.165) is 58.0 Å². The Hall–Kier alpha value is -1.49. The van der Waals surface area contributed by atoms with E-state index < -0.39 is 31.8 Å². The number of nitrogens with zero attached hydrogens (tertiary/aromatic N) is 1. The van der Waals surface area contributed by atoms with Crippen LogP contribution in [0.2, 0.25) is 0 Å². The van der Waals surface area contributed by atoms with Crippen molar-refractivity contribution in [3.8, 4) is 0 Å². The van der Waals surface area contributed by atoms with Gasteiger partial charge in [-0.25, -0.2) is 21.6 Å². The predicted molar refractivity (Wildman–Crippen MR) is 118 cm³/mol. The minimum atomic E-state index is -3.71. The zero-order valence-corrected chi connectivity index (χ0v) is 19.3. The average Bonchev–Trinajstić information content (AvgIpc) is 3.35. The molecule has 2 N–H and O–H groups in total. The van der Waals surface area contributed by atoms with Gasteiger partial charge in [0.25, 0.3) is 5.91 Å². The number of hydrogen-bond acceptors (Lipinski definition) is 6. The summed E-state index contributed by atoms with van der Waals surface area (Å²) in [5.74, 6) is -0.472. The predicted octanol–water partition coefficient (Wildman–Crippen LogP) is 1.29. The van der Waals surface area contributed by atoms with Gasteiger partial charge in [-0.1, -0.05) is 25.3 Å². The van der Waals surface area contributed by atoms with E-state index in [1.54, 1.807) is 12.1 Å². The van der Waals surface area contributed by atoms with E-state index in [1.807, 2.05) is 0 Å². The van der Waals surface area contributed by atoms with Crippen molar-refractivity contribution in [3.05, 3.63) is 29.8 Å². The fourth-order valence-corrected chi connectivity index (χ4v) is 8.27. The summed E-state index contributed by atoms with van der Waals surface area (Å²) < 4.78 is 52.8. The van der Waals surface area contributed by atoms with E-state index in [4.69, 9.17) is 0 Å². The smallest absolute Gasteiger partial charge is 0.251 e. The Morgan fingerprint density at radius 3 is 2.42 bits per heavy atom. The third-order valence-electron chi connectivity index (χ3n) is 6.58. The maximum Gasteiger partial charge on any atom is 0.251 e. The number of nitrogens with one attached hydrogen (secondary N) is 2. The molecule has 0 bridgehead atoms. The van der Waals surface area contributed by atoms with Crippen LogP contribution in [0, 0.1) is 0 Å². The molecule has 1 aromatic carbocycles. The van der Waals surface area contributed by atoms with Gasteiger partial charge >= 0.3 is 0 Å². The van der Waals surface area contributed by atoms with Crippen molar-refractivity contribution in [1.29, 1.82) is 0 Å². The highest BCUT2D eigenvalue weighted by Gasteiger charge is 2.42. The van der Waals surface area contributed by atoms with Gasteiger partial charge in [0.15, 0.2) is 9.84 Å². The molecule has 2 saturated heterocycles. The molecule has 8 nitrogen and oxygen atoms in total. The van der Waals surface area contributed by atoms with Crippen LogP contribution >= 0.6 is 0 Å². The Balaban J connectivity index is 1.48. The monoisotopic (exact) mass is 469 g/mol. The van der Waals surface area contributed by atoms with E-state index in [9.17, 15) is 21.6 Å². The van der Waals surface area contributed by atoms with E-state index in [1.165, 1.54) is 12.1 Å². The number of likely N-dealkylation sites (tertiary alicyclic amines) is 1. The van der Waals surface area contributed by atoms with Crippen molar-refractivity contribution in [2.75, 3.05) is 24.6 Å². The molecule has 1 saturated carbocycles. The van der Waals surface area contributed by atoms with Crippen LogP contribution < -0.4 is 10.0 Å². The van der Waals surface area contributed by atoms with Crippen molar-refractivity contribution in [1.82, 2.24) is 14.9 Å². The van der Waals surface area contributed by atoms with Crippen molar-refractivity contribution < 1.29 is 21.6 Å². The molecule has 2 heterocycles. The molecule has 3 aliphatic rings. The Kier molecular flexibility index (Phi) is 6.71. The van der Waals surface area contributed by atoms with Crippen LogP contribution in [0.5, 0.6) is 0 Å². The normalized spacial score (nSPS) is 27.4. The lowest BCUT2D eigenvalue weighted by molar-refractivity contribution is 0.0900. The summed E-state index contributed by atoms with van der Waals surface area (Å²) in [7, 11) is -6.94. The van der Waals surface area contributed by atoms with Crippen LogP contribution in [0.25, 0.3) is 0 Å². The number of amides is 1. The van der Waals surface area contributed by atoms with E-state index >= 15 is 0 Å². The second-order valence-corrected chi connectivity index (χ2v) is 12.8. The summed E-state index contributed by atoms with van der Waals surface area (Å²) in [5.41, 5.74) is 0.219. The van der Waals surface area contributed by atoms with Crippen molar-refractivity contribution in [2.45, 2.75) is 68.0 Å². The zero-order valence-electron chi connectivity index (χ0n) is 17.6. The zero-order chi connectivity index (χ0) is 22.1. The highest BCUT2D eigenvalue weighted by Crippen LogP contribution is 2.24. The molecule has 0 radical (unpaired) electrons. The second-order valence-electron chi connectivity index (χ2n) is 8.95. The van der Waals surface area contributed by atoms with Crippen LogP contribution in [-0.2, 0) is 19.9 Å². The van der Waals surface area contributed by atoms with Gasteiger partial charge < -0.3 is 5.32 Å². The molecule has 0 aromatic heterocycles. The van der Waals surface area contributed by atoms with Gasteiger partial charge in [0, 0.05) is 17.6 Å². The maximum atomic E-state index is 12.9. The number of carbonyl (C=O) groups is 1. The number of sulfone groups is 1. The van der Waals surface area contributed by atoms with Gasteiger partial charge in [-0.3, -0.25) is 9.69 Å². The highest BCUT2D eigenvalue weighted by molar-refractivity contribution is 7.91. The molecule has 2 unspecified atom stereocenters. The molecular weight excluding hydrogens is 438 g/mol. The van der Waals surface area contributed by atoms with Gasteiger partial charge in [0.2, 0.25) is 10.0 Å². The molecule has 1 aliphatic carbocycles. The third-order valence-corrected chi connectivity index (χ3v) is 9.82. The van der Waals surface area contributed by atoms with Gasteiger partial charge in [-0.2, -0.15) is 0 Å². The topological polar surface area (TPSA) is 113 Å². The molecule has 1 aromatic rings. The van der Waals surface area contributed by atoms with Crippen molar-refractivity contribution in [2.24, 2.45) is 0 Å². The number of carbonyl (C=O) groups excluding carboxylic acids is 1. The first-order valence-corrected chi connectivity index (χ1v) is 14.4. The van der Waals surface area contributed by atoms with Gasteiger partial charge in [0.1, 0.15) is 0 Å². The molecule has 2 aliphatic heterocycles. The number of benzene rings is 1. The summed E-state index contributed by atoms with van der Waals surface area (Å²) in [6.45, 7) is 1.68. The molecule has 172 valence electrons. The summed E-state index contributed by atoms with van der Waals surface area (Å²) >= 11 is 0. The first-order chi connectivity index (χ1) is 14.7. The minimum Gasteiger partial charge on any atom is -0.347 e. The summed E-state index contributed by atoms with van der Waals surface area (Å²) in [4.78, 5) is 15.2. The van der Waals surface area contributed by atoms with Crippen LogP contribution in [0.3, 0.4) is 0 Å². The maximum absolute atomic E-state index is 12.9. The lowest BCUT2D eigenvalue weighted by Gasteiger charge is -2.35. The van der Waals surface area contributed by atoms with E-state index in [0.29, 0.717) is 0 Å². The van der Waals surface area contributed by atoms with Crippen LogP contribution in [0.15, 0.2) is 29.2 Å². The fourth-order valence-electron chi connectivity index (χ4n) is 4.96. The summed E-state index contributed by atoms with van der Waals surface area (Å²) in [6, 6.07) is 5.17. The lowest BCUT2D eigenvalue weighted by Crippen LogP contribution is -2.52. The van der Waals surface area contributed by atoms with Gasteiger partial charge in [-0.15, -0.1) is 0 Å². The Morgan fingerprint density at radius 2 is 1.71 bits per heavy atom. The largest absolute Gasteiger partial charge is 0.347 e. The Labute approximate surface area is 184 Å². The van der Waals surface area contributed by atoms with E-state index in [2.05, 4.69) is 14.9 Å². The van der Waals surface area contributed by atoms with Crippen LogP contribution in [-0.4, -0.2) is 70.4 Å². The minimum absolute atomic E-state index is 0.0532. The molecule has 2 atom stereocenters. The highest BCUT2D eigenvalue weighted by atomic mass is 32.2. The van der Waals surface area contributed by atoms with Crippen LogP contribution in [0.4, 0.5) is 0 Å². The molecule has 4 rings (SSSR count). The summed E-state index contributed by atoms with van der Waals surface area (Å²) in [6.07, 6.45) is 6.89. The fraction of sp³-hybridized carbons (Fsp3) is 0.667. The number of sulfonamides is 1. The first-order valence-electron chi connectivity index (χ1n) is 11.1. The van der Waals surface area contributed by atoms with Gasteiger partial charge in [0.05, 0.1) is 22.4 Å². The first kappa shape index (κ1) is 22.7. The molecule has 31 heavy (non-hydrogen) atoms. The van der Waals surface area contributed by atoms with Crippen molar-refractivity contribution in [3.63, 3.8) is 0 Å². The molecule has 10 heteroatoms. The summed E-state index contributed by atoms with van der Waals surface area (Å²) in [5, 5.41) is 2.87. The molecule has 3 fully saturated rings. The van der Waals surface area contributed by atoms with E-state index in [-0.39, 0.29) is 34.0 Å². The Bertz CT molecular complexity index is 1010. The van der Waals surface area contributed by atoms with Crippen molar-refractivity contribution >= 4 is 25.8 Å². The number of piperidine rings is 1. The SMILES string of the molecule is O=C(NC1CS(=O)(=O)CC1N1CCCCC1)c1cccc(S(=O)(=O)NC2CCCC2)c1. The molecule has 0 spiro atoms. The van der Waals surface area contributed by atoms with Crippen LogP contribution in [0.1, 0.15) is 55.3 Å². The third kappa shape index (κ3) is 5.47. The standard InChI is InChI=1S/C21H31N3O5S2/c25-21(22-19-14-30(26,27)15-20(19)24-11-4-1-5-12-24)16-7-6-10-18(13-16)31(28,29)23-17-8-2-3-9-17/h6-7,10,13,17,19-20,23H,1-5,8-9,11-12,14-15H2,(H,22,25). The molecular formula is C21H31N3O5S2. The lowest BCUT2D eigenvalue weighted by atomic mass is 10.0. The van der Waals surface area contributed by atoms with Gasteiger partial charge in [-0.05, 0) is 57.0 Å².